The van der Waals surface area contributed by atoms with Crippen molar-refractivity contribution in [3.63, 3.8) is 0 Å². The molecule has 0 aliphatic carbocycles. The zero-order valence-corrected chi connectivity index (χ0v) is 18.4. The highest BCUT2D eigenvalue weighted by atomic mass is 19.3. The summed E-state index contributed by atoms with van der Waals surface area (Å²) in [6.07, 6.45) is 0.987. The second-order valence-electron chi connectivity index (χ2n) is 8.77. The van der Waals surface area contributed by atoms with Crippen molar-refractivity contribution in [1.29, 1.82) is 0 Å². The van der Waals surface area contributed by atoms with E-state index in [0.29, 0.717) is 24.5 Å². The Morgan fingerprint density at radius 3 is 2.68 bits per heavy atom. The van der Waals surface area contributed by atoms with Crippen molar-refractivity contribution < 1.29 is 13.2 Å². The van der Waals surface area contributed by atoms with Crippen molar-refractivity contribution in [3.8, 4) is 0 Å². The third kappa shape index (κ3) is 4.05. The van der Waals surface area contributed by atoms with Crippen LogP contribution < -0.4 is 10.2 Å². The molecule has 0 radical (unpaired) electrons. The minimum Gasteiger partial charge on any atom is -0.374 e. The molecule has 3 aromatic rings. The standard InChI is InChI=1S/C24H27F3N4/c1-13-9-16-10-20-18(11-21(16)31(5)12-13)23(30-15(3)29-20)28-14(2)17-7-6-8-19(22(17)25)24(4,26)27/h6-8,10-11,13-14H,9,12H2,1-5H3,(H,28,29,30)/t13-,14-/m1/s1. The van der Waals surface area contributed by atoms with E-state index in [0.717, 1.165) is 35.6 Å². The topological polar surface area (TPSA) is 41.1 Å². The molecular formula is C24H27F3N4. The summed E-state index contributed by atoms with van der Waals surface area (Å²) in [4.78, 5) is 11.4. The van der Waals surface area contributed by atoms with Gasteiger partial charge in [0.25, 0.3) is 5.92 Å². The van der Waals surface area contributed by atoms with Crippen molar-refractivity contribution in [2.45, 2.75) is 46.1 Å². The molecule has 1 aliphatic heterocycles. The van der Waals surface area contributed by atoms with Crippen molar-refractivity contribution in [2.75, 3.05) is 23.8 Å². The van der Waals surface area contributed by atoms with Gasteiger partial charge in [0, 0.05) is 37.2 Å². The molecule has 0 amide bonds. The minimum atomic E-state index is -3.25. The van der Waals surface area contributed by atoms with Crippen LogP contribution in [-0.4, -0.2) is 23.6 Å². The van der Waals surface area contributed by atoms with Gasteiger partial charge in [-0.25, -0.2) is 23.1 Å². The van der Waals surface area contributed by atoms with Crippen molar-refractivity contribution in [2.24, 2.45) is 5.92 Å². The summed E-state index contributed by atoms with van der Waals surface area (Å²) >= 11 is 0. The van der Waals surface area contributed by atoms with E-state index in [1.165, 1.54) is 17.7 Å². The Hall–Kier alpha value is -2.83. The van der Waals surface area contributed by atoms with E-state index < -0.39 is 23.3 Å². The van der Waals surface area contributed by atoms with Gasteiger partial charge < -0.3 is 10.2 Å². The van der Waals surface area contributed by atoms with Crippen LogP contribution in [0.15, 0.2) is 30.3 Å². The normalized spacial score (nSPS) is 17.5. The summed E-state index contributed by atoms with van der Waals surface area (Å²) in [5.41, 5.74) is 2.76. The quantitative estimate of drug-likeness (QED) is 0.554. The molecule has 0 saturated carbocycles. The van der Waals surface area contributed by atoms with Crippen LogP contribution >= 0.6 is 0 Å². The summed E-state index contributed by atoms with van der Waals surface area (Å²) < 4.78 is 42.4. The Morgan fingerprint density at radius 1 is 1.23 bits per heavy atom. The highest BCUT2D eigenvalue weighted by molar-refractivity contribution is 5.93. The predicted octanol–water partition coefficient (Wildman–Crippen LogP) is 5.99. The molecular weight excluding hydrogens is 401 g/mol. The molecule has 0 saturated heterocycles. The molecule has 2 atom stereocenters. The van der Waals surface area contributed by atoms with Crippen molar-refractivity contribution >= 4 is 22.4 Å². The van der Waals surface area contributed by atoms with Gasteiger partial charge in [0.15, 0.2) is 0 Å². The lowest BCUT2D eigenvalue weighted by Crippen LogP contribution is -2.30. The second kappa shape index (κ2) is 7.70. The van der Waals surface area contributed by atoms with Crippen LogP contribution in [0.25, 0.3) is 10.9 Å². The molecule has 1 N–H and O–H groups in total. The van der Waals surface area contributed by atoms with Crippen LogP contribution in [0.2, 0.25) is 0 Å². The van der Waals surface area contributed by atoms with Gasteiger partial charge in [0.1, 0.15) is 17.5 Å². The van der Waals surface area contributed by atoms with Gasteiger partial charge >= 0.3 is 0 Å². The SMILES string of the molecule is Cc1nc(N[C@H](C)c2cccc(C(C)(F)F)c2F)c2cc3c(cc2n1)C[C@@H](C)CN3C. The van der Waals surface area contributed by atoms with Gasteiger partial charge in [-0.3, -0.25) is 0 Å². The molecule has 1 aliphatic rings. The number of aryl methyl sites for hydroxylation is 1. The van der Waals surface area contributed by atoms with Crippen LogP contribution in [0.3, 0.4) is 0 Å². The third-order valence-electron chi connectivity index (χ3n) is 5.89. The van der Waals surface area contributed by atoms with Crippen LogP contribution in [0, 0.1) is 18.7 Å². The van der Waals surface area contributed by atoms with Crippen LogP contribution in [0.5, 0.6) is 0 Å². The molecule has 31 heavy (non-hydrogen) atoms. The summed E-state index contributed by atoms with van der Waals surface area (Å²) in [6.45, 7) is 7.45. The van der Waals surface area contributed by atoms with E-state index in [2.05, 4.69) is 46.3 Å². The smallest absolute Gasteiger partial charge is 0.273 e. The first-order valence-corrected chi connectivity index (χ1v) is 10.5. The Morgan fingerprint density at radius 2 is 1.97 bits per heavy atom. The first-order chi connectivity index (χ1) is 14.5. The molecule has 7 heteroatoms. The lowest BCUT2D eigenvalue weighted by molar-refractivity contribution is 0.0136. The number of hydrogen-bond acceptors (Lipinski definition) is 4. The average molecular weight is 429 g/mol. The molecule has 2 heterocycles. The number of halogens is 3. The maximum atomic E-state index is 14.9. The maximum Gasteiger partial charge on any atom is 0.273 e. The summed E-state index contributed by atoms with van der Waals surface area (Å²) in [5.74, 6) is -2.43. The van der Waals surface area contributed by atoms with Crippen LogP contribution in [0.4, 0.5) is 24.7 Å². The highest BCUT2D eigenvalue weighted by Gasteiger charge is 2.30. The second-order valence-corrected chi connectivity index (χ2v) is 8.77. The molecule has 164 valence electrons. The van der Waals surface area contributed by atoms with E-state index in [-0.39, 0.29) is 5.56 Å². The largest absolute Gasteiger partial charge is 0.374 e. The number of anilines is 2. The van der Waals surface area contributed by atoms with Gasteiger partial charge in [0.05, 0.1) is 17.1 Å². The molecule has 0 bridgehead atoms. The van der Waals surface area contributed by atoms with E-state index in [1.54, 1.807) is 6.92 Å². The van der Waals surface area contributed by atoms with Gasteiger partial charge in [-0.15, -0.1) is 0 Å². The molecule has 0 spiro atoms. The van der Waals surface area contributed by atoms with Crippen molar-refractivity contribution in [3.05, 3.63) is 58.7 Å². The van der Waals surface area contributed by atoms with Gasteiger partial charge in [-0.05, 0) is 43.9 Å². The Labute approximate surface area is 180 Å². The number of fused-ring (bicyclic) bond motifs is 2. The molecule has 1 aromatic heterocycles. The first-order valence-electron chi connectivity index (χ1n) is 10.5. The number of benzene rings is 2. The fourth-order valence-electron chi connectivity index (χ4n) is 4.46. The fraction of sp³-hybridized carbons (Fsp3) is 0.417. The van der Waals surface area contributed by atoms with Crippen LogP contribution in [-0.2, 0) is 12.3 Å². The summed E-state index contributed by atoms with van der Waals surface area (Å²) in [7, 11) is 2.07. The van der Waals surface area contributed by atoms with E-state index in [1.807, 2.05) is 6.92 Å². The summed E-state index contributed by atoms with van der Waals surface area (Å²) in [6, 6.07) is 7.71. The first kappa shape index (κ1) is 21.4. The number of rotatable bonds is 4. The minimum absolute atomic E-state index is 0.173. The van der Waals surface area contributed by atoms with E-state index in [9.17, 15) is 13.2 Å². The van der Waals surface area contributed by atoms with E-state index >= 15 is 0 Å². The highest BCUT2D eigenvalue weighted by Crippen LogP contribution is 2.36. The zero-order valence-electron chi connectivity index (χ0n) is 18.4. The average Bonchev–Trinajstić information content (AvgIpc) is 2.65. The number of aromatic nitrogens is 2. The predicted molar refractivity (Wildman–Crippen MR) is 118 cm³/mol. The third-order valence-corrected chi connectivity index (χ3v) is 5.89. The molecule has 4 rings (SSSR count). The number of nitrogens with one attached hydrogen (secondary N) is 1. The number of nitrogens with zero attached hydrogens (tertiary/aromatic N) is 3. The number of alkyl halides is 2. The Bertz CT molecular complexity index is 1140. The number of hydrogen-bond donors (Lipinski definition) is 1. The van der Waals surface area contributed by atoms with Gasteiger partial charge in [0.2, 0.25) is 0 Å². The van der Waals surface area contributed by atoms with Crippen molar-refractivity contribution in [1.82, 2.24) is 9.97 Å². The van der Waals surface area contributed by atoms with Crippen LogP contribution in [0.1, 0.15) is 49.3 Å². The molecule has 0 fully saturated rings. The maximum absolute atomic E-state index is 14.9. The Balaban J connectivity index is 1.76. The monoisotopic (exact) mass is 428 g/mol. The van der Waals surface area contributed by atoms with Gasteiger partial charge in [-0.2, -0.15) is 0 Å². The Kier molecular flexibility index (Phi) is 5.31. The summed E-state index contributed by atoms with van der Waals surface area (Å²) in [5, 5.41) is 4.07. The van der Waals surface area contributed by atoms with Gasteiger partial charge in [-0.1, -0.05) is 25.1 Å². The van der Waals surface area contributed by atoms with E-state index in [4.69, 9.17) is 0 Å². The lowest BCUT2D eigenvalue weighted by atomic mass is 9.93. The molecule has 4 nitrogen and oxygen atoms in total. The fourth-order valence-corrected chi connectivity index (χ4v) is 4.46. The zero-order chi connectivity index (χ0) is 22.5. The molecule has 2 aromatic carbocycles. The molecule has 0 unspecified atom stereocenters. The lowest BCUT2D eigenvalue weighted by Gasteiger charge is -2.32.